The van der Waals surface area contributed by atoms with Gasteiger partial charge in [0.05, 0.1) is 12.5 Å². The van der Waals surface area contributed by atoms with E-state index in [1.54, 1.807) is 19.1 Å². The molecule has 0 amide bonds. The molecular weight excluding hydrogens is 222 g/mol. The number of carbonyl (C=O) groups is 1. The van der Waals surface area contributed by atoms with Gasteiger partial charge < -0.3 is 4.74 Å². The zero-order valence-electron chi connectivity index (χ0n) is 9.46. The van der Waals surface area contributed by atoms with Crippen LogP contribution in [0, 0.1) is 10.1 Å². The van der Waals surface area contributed by atoms with E-state index in [2.05, 4.69) is 0 Å². The first-order valence-corrected chi connectivity index (χ1v) is 5.49. The average Bonchev–Trinajstić information content (AvgIpc) is 3.07. The Labute approximate surface area is 98.5 Å². The Morgan fingerprint density at radius 2 is 2.18 bits per heavy atom. The van der Waals surface area contributed by atoms with E-state index in [0.717, 1.165) is 5.56 Å². The van der Waals surface area contributed by atoms with E-state index >= 15 is 0 Å². The number of hydrogen-bond acceptors (Lipinski definition) is 4. The number of nitro groups is 1. The molecule has 2 atom stereocenters. The van der Waals surface area contributed by atoms with Gasteiger partial charge in [-0.25, -0.2) is 4.79 Å². The van der Waals surface area contributed by atoms with E-state index < -0.39 is 16.4 Å². The molecule has 1 aromatic rings. The summed E-state index contributed by atoms with van der Waals surface area (Å²) in [5, 5.41) is 11.1. The predicted molar refractivity (Wildman–Crippen MR) is 60.2 cm³/mol. The minimum atomic E-state index is -1.56. The highest BCUT2D eigenvalue weighted by atomic mass is 16.6. The Bertz CT molecular complexity index is 445. The number of carbonyl (C=O) groups excluding carboxylic acids is 1. The number of hydrogen-bond donors (Lipinski definition) is 0. The van der Waals surface area contributed by atoms with Crippen LogP contribution in [0.15, 0.2) is 30.3 Å². The van der Waals surface area contributed by atoms with Crippen LogP contribution in [0.2, 0.25) is 0 Å². The van der Waals surface area contributed by atoms with Gasteiger partial charge in [0, 0.05) is 11.3 Å². The maximum Gasteiger partial charge on any atom is 0.385 e. The SMILES string of the molecule is CCOC(=O)[C@]1([N+](=O)[O-])C[C@@H]1c1ccccc1. The number of ether oxygens (including phenoxy) is 1. The lowest BCUT2D eigenvalue weighted by Crippen LogP contribution is -2.35. The number of benzene rings is 1. The highest BCUT2D eigenvalue weighted by molar-refractivity contribution is 5.85. The minimum absolute atomic E-state index is 0.163. The standard InChI is InChI=1S/C12H13NO4/c1-2-17-11(14)12(13(15)16)8-10(12)9-6-4-3-5-7-9/h3-7,10H,2,8H2,1H3/t10-,12+/m1/s1. The molecule has 1 aliphatic rings. The lowest BCUT2D eigenvalue weighted by Gasteiger charge is -2.08. The van der Waals surface area contributed by atoms with Crippen LogP contribution >= 0.6 is 0 Å². The molecule has 5 nitrogen and oxygen atoms in total. The van der Waals surface area contributed by atoms with Gasteiger partial charge in [-0.1, -0.05) is 30.3 Å². The third kappa shape index (κ3) is 1.77. The topological polar surface area (TPSA) is 69.4 Å². The summed E-state index contributed by atoms with van der Waals surface area (Å²) in [6, 6.07) is 9.06. The fourth-order valence-corrected chi connectivity index (χ4v) is 2.09. The van der Waals surface area contributed by atoms with Crippen molar-refractivity contribution in [3.05, 3.63) is 46.0 Å². The molecule has 0 unspecified atom stereocenters. The monoisotopic (exact) mass is 235 g/mol. The Hall–Kier alpha value is -1.91. The Balaban J connectivity index is 2.25. The van der Waals surface area contributed by atoms with Crippen molar-refractivity contribution in [2.45, 2.75) is 24.8 Å². The Morgan fingerprint density at radius 1 is 1.53 bits per heavy atom. The molecule has 2 rings (SSSR count). The third-order valence-corrected chi connectivity index (χ3v) is 3.09. The number of rotatable bonds is 4. The fraction of sp³-hybridized carbons (Fsp3) is 0.417. The molecule has 0 N–H and O–H groups in total. The van der Waals surface area contributed by atoms with Crippen LogP contribution < -0.4 is 0 Å². The molecule has 0 bridgehead atoms. The molecule has 1 fully saturated rings. The molecule has 1 saturated carbocycles. The van der Waals surface area contributed by atoms with Crippen LogP contribution in [-0.2, 0) is 9.53 Å². The van der Waals surface area contributed by atoms with Gasteiger partial charge in [0.15, 0.2) is 0 Å². The molecule has 5 heteroatoms. The third-order valence-electron chi connectivity index (χ3n) is 3.09. The zero-order valence-corrected chi connectivity index (χ0v) is 9.46. The second-order valence-corrected chi connectivity index (χ2v) is 4.07. The Kier molecular flexibility index (Phi) is 2.83. The van der Waals surface area contributed by atoms with E-state index in [1.165, 1.54) is 0 Å². The molecule has 0 aromatic heterocycles. The molecule has 0 aliphatic heterocycles. The smallest absolute Gasteiger partial charge is 0.385 e. The number of nitrogens with zero attached hydrogens (tertiary/aromatic N) is 1. The summed E-state index contributed by atoms with van der Waals surface area (Å²) in [7, 11) is 0. The summed E-state index contributed by atoms with van der Waals surface area (Å²) in [5.41, 5.74) is -0.741. The van der Waals surface area contributed by atoms with Crippen molar-refractivity contribution in [2.24, 2.45) is 0 Å². The van der Waals surface area contributed by atoms with E-state index in [9.17, 15) is 14.9 Å². The molecule has 0 saturated heterocycles. The summed E-state index contributed by atoms with van der Waals surface area (Å²) in [6.07, 6.45) is 0.225. The first-order valence-electron chi connectivity index (χ1n) is 5.49. The van der Waals surface area contributed by atoms with Crippen LogP contribution in [0.3, 0.4) is 0 Å². The van der Waals surface area contributed by atoms with Crippen LogP contribution in [-0.4, -0.2) is 23.0 Å². The molecular formula is C12H13NO4. The molecule has 0 heterocycles. The quantitative estimate of drug-likeness (QED) is 0.453. The minimum Gasteiger partial charge on any atom is -0.461 e. The van der Waals surface area contributed by atoms with Crippen molar-refractivity contribution >= 4 is 5.97 Å². The van der Waals surface area contributed by atoms with Gasteiger partial charge in [0.25, 0.3) is 0 Å². The van der Waals surface area contributed by atoms with Gasteiger partial charge in [-0.3, -0.25) is 10.1 Å². The second-order valence-electron chi connectivity index (χ2n) is 4.07. The van der Waals surface area contributed by atoms with Crippen molar-refractivity contribution in [1.29, 1.82) is 0 Å². The van der Waals surface area contributed by atoms with Crippen molar-refractivity contribution < 1.29 is 14.5 Å². The summed E-state index contributed by atoms with van der Waals surface area (Å²) < 4.78 is 4.80. The van der Waals surface area contributed by atoms with Crippen molar-refractivity contribution in [3.8, 4) is 0 Å². The molecule has 1 aromatic carbocycles. The molecule has 17 heavy (non-hydrogen) atoms. The van der Waals surface area contributed by atoms with Gasteiger partial charge in [-0.15, -0.1) is 0 Å². The molecule has 1 aliphatic carbocycles. The summed E-state index contributed by atoms with van der Waals surface area (Å²) in [4.78, 5) is 22.3. The first kappa shape index (κ1) is 11.6. The lowest BCUT2D eigenvalue weighted by atomic mass is 10.1. The van der Waals surface area contributed by atoms with Gasteiger partial charge >= 0.3 is 11.5 Å². The van der Waals surface area contributed by atoms with Crippen molar-refractivity contribution in [1.82, 2.24) is 0 Å². The van der Waals surface area contributed by atoms with Crippen LogP contribution in [0.4, 0.5) is 0 Å². The first-order chi connectivity index (χ1) is 8.13. The van der Waals surface area contributed by atoms with Gasteiger partial charge in [0.2, 0.25) is 0 Å². The van der Waals surface area contributed by atoms with Gasteiger partial charge in [-0.2, -0.15) is 0 Å². The van der Waals surface area contributed by atoms with Crippen LogP contribution in [0.25, 0.3) is 0 Å². The van der Waals surface area contributed by atoms with E-state index in [4.69, 9.17) is 4.74 Å². The highest BCUT2D eigenvalue weighted by Gasteiger charge is 2.73. The Morgan fingerprint density at radius 3 is 2.71 bits per heavy atom. The van der Waals surface area contributed by atoms with E-state index in [1.807, 2.05) is 18.2 Å². The lowest BCUT2D eigenvalue weighted by molar-refractivity contribution is -0.527. The van der Waals surface area contributed by atoms with E-state index in [-0.39, 0.29) is 18.9 Å². The largest absolute Gasteiger partial charge is 0.461 e. The van der Waals surface area contributed by atoms with Gasteiger partial charge in [-0.05, 0) is 12.5 Å². The maximum atomic E-state index is 11.7. The molecule has 0 radical (unpaired) electrons. The molecule has 0 spiro atoms. The number of esters is 1. The summed E-state index contributed by atoms with van der Waals surface area (Å²) >= 11 is 0. The van der Waals surface area contributed by atoms with Crippen LogP contribution in [0.5, 0.6) is 0 Å². The fourth-order valence-electron chi connectivity index (χ4n) is 2.09. The van der Waals surface area contributed by atoms with Crippen molar-refractivity contribution in [3.63, 3.8) is 0 Å². The summed E-state index contributed by atoms with van der Waals surface area (Å²) in [5.74, 6) is -1.09. The highest BCUT2D eigenvalue weighted by Crippen LogP contribution is 2.54. The van der Waals surface area contributed by atoms with Crippen LogP contribution in [0.1, 0.15) is 24.8 Å². The zero-order chi connectivity index (χ0) is 12.5. The average molecular weight is 235 g/mol. The summed E-state index contributed by atoms with van der Waals surface area (Å²) in [6.45, 7) is 1.81. The molecule has 90 valence electrons. The van der Waals surface area contributed by atoms with Crippen molar-refractivity contribution in [2.75, 3.05) is 6.61 Å². The second kappa shape index (κ2) is 4.16. The predicted octanol–water partition coefficient (Wildman–Crippen LogP) is 1.75. The normalized spacial score (nSPS) is 26.3. The van der Waals surface area contributed by atoms with Gasteiger partial charge in [0.1, 0.15) is 0 Å². The maximum absolute atomic E-state index is 11.7. The van der Waals surface area contributed by atoms with E-state index in [0.29, 0.717) is 0 Å².